The summed E-state index contributed by atoms with van der Waals surface area (Å²) in [6.07, 6.45) is 15.0. The van der Waals surface area contributed by atoms with E-state index in [0.29, 0.717) is 5.92 Å². The van der Waals surface area contributed by atoms with Crippen LogP contribution in [0.5, 0.6) is 0 Å². The van der Waals surface area contributed by atoms with Crippen molar-refractivity contribution in [1.82, 2.24) is 4.90 Å². The number of fused-ring (bicyclic) bond motifs is 1. The van der Waals surface area contributed by atoms with Crippen molar-refractivity contribution < 1.29 is 4.79 Å². The van der Waals surface area contributed by atoms with Gasteiger partial charge in [-0.2, -0.15) is 0 Å². The molecule has 0 amide bonds. The van der Waals surface area contributed by atoms with Gasteiger partial charge in [-0.25, -0.2) is 0 Å². The second-order valence-corrected chi connectivity index (χ2v) is 5.13. The molecule has 2 heteroatoms. The molecule has 3 rings (SSSR count). The van der Waals surface area contributed by atoms with Crippen LogP contribution >= 0.6 is 0 Å². The van der Waals surface area contributed by atoms with E-state index in [0.717, 1.165) is 0 Å². The van der Waals surface area contributed by atoms with Crippen LogP contribution in [0.15, 0.2) is 36.2 Å². The highest BCUT2D eigenvalue weighted by Gasteiger charge is 2.44. The normalized spacial score (nSPS) is 33.4. The summed E-state index contributed by atoms with van der Waals surface area (Å²) in [5, 5.41) is 0. The molecule has 3 aliphatic rings. The molecule has 1 fully saturated rings. The molecular formula is C14H17NO. The first-order valence-electron chi connectivity index (χ1n) is 6.13. The van der Waals surface area contributed by atoms with Crippen LogP contribution in [0.2, 0.25) is 0 Å². The van der Waals surface area contributed by atoms with Gasteiger partial charge < -0.3 is 4.90 Å². The number of carbonyl (C=O) groups is 1. The molecule has 16 heavy (non-hydrogen) atoms. The van der Waals surface area contributed by atoms with E-state index in [1.54, 1.807) is 0 Å². The minimum Gasteiger partial charge on any atom is -0.334 e. The van der Waals surface area contributed by atoms with E-state index in [-0.39, 0.29) is 5.78 Å². The Morgan fingerprint density at radius 3 is 2.81 bits per heavy atom. The molecule has 2 nitrogen and oxygen atoms in total. The standard InChI is InChI=1S/C14H17NO/c1-14-8-4-5-9-15(14)12(10-13(14)16)11-6-2-3-7-11/h4-5,8-11H,2-3,6-7H2,1H3. The van der Waals surface area contributed by atoms with Crippen molar-refractivity contribution >= 4 is 5.78 Å². The number of nitrogens with zero attached hydrogens (tertiary/aromatic N) is 1. The molecule has 0 N–H and O–H groups in total. The highest BCUT2D eigenvalue weighted by atomic mass is 16.1. The monoisotopic (exact) mass is 215 g/mol. The molecular weight excluding hydrogens is 198 g/mol. The van der Waals surface area contributed by atoms with Crippen LogP contribution in [0.25, 0.3) is 0 Å². The van der Waals surface area contributed by atoms with Crippen molar-refractivity contribution in [2.45, 2.75) is 38.1 Å². The number of rotatable bonds is 1. The summed E-state index contributed by atoms with van der Waals surface area (Å²) in [5.74, 6) is 0.830. The van der Waals surface area contributed by atoms with E-state index in [2.05, 4.69) is 11.1 Å². The summed E-state index contributed by atoms with van der Waals surface area (Å²) in [6.45, 7) is 2.01. The third kappa shape index (κ3) is 1.22. The van der Waals surface area contributed by atoms with E-state index >= 15 is 0 Å². The molecule has 1 saturated carbocycles. The van der Waals surface area contributed by atoms with Gasteiger partial charge in [-0.15, -0.1) is 0 Å². The SMILES string of the molecule is CC12C=CC=CN1C(C1CCCC1)=CC2=O. The quantitative estimate of drug-likeness (QED) is 0.670. The van der Waals surface area contributed by atoms with Crippen molar-refractivity contribution in [2.75, 3.05) is 0 Å². The molecule has 2 aliphatic heterocycles. The summed E-state index contributed by atoms with van der Waals surface area (Å²) >= 11 is 0. The van der Waals surface area contributed by atoms with Gasteiger partial charge in [-0.3, -0.25) is 4.79 Å². The van der Waals surface area contributed by atoms with Crippen molar-refractivity contribution in [1.29, 1.82) is 0 Å². The van der Waals surface area contributed by atoms with Crippen molar-refractivity contribution in [2.24, 2.45) is 5.92 Å². The Kier molecular flexibility index (Phi) is 2.06. The lowest BCUT2D eigenvalue weighted by Gasteiger charge is -2.36. The number of hydrogen-bond acceptors (Lipinski definition) is 2. The average molecular weight is 215 g/mol. The lowest BCUT2D eigenvalue weighted by molar-refractivity contribution is -0.119. The molecule has 2 heterocycles. The van der Waals surface area contributed by atoms with E-state index in [9.17, 15) is 4.79 Å². The van der Waals surface area contributed by atoms with E-state index in [1.165, 1.54) is 31.4 Å². The van der Waals surface area contributed by atoms with Gasteiger partial charge in [0.1, 0.15) is 5.54 Å². The highest BCUT2D eigenvalue weighted by Crippen LogP contribution is 2.41. The number of carbonyl (C=O) groups excluding carboxylic acids is 1. The first-order valence-corrected chi connectivity index (χ1v) is 6.13. The second-order valence-electron chi connectivity index (χ2n) is 5.13. The van der Waals surface area contributed by atoms with Crippen molar-refractivity contribution in [3.05, 3.63) is 36.2 Å². The van der Waals surface area contributed by atoms with Gasteiger partial charge in [-0.1, -0.05) is 25.0 Å². The largest absolute Gasteiger partial charge is 0.334 e. The lowest BCUT2D eigenvalue weighted by atomic mass is 9.95. The molecule has 1 unspecified atom stereocenters. The van der Waals surface area contributed by atoms with Gasteiger partial charge in [0.2, 0.25) is 0 Å². The highest BCUT2D eigenvalue weighted by molar-refractivity contribution is 6.03. The van der Waals surface area contributed by atoms with Gasteiger partial charge >= 0.3 is 0 Å². The predicted molar refractivity (Wildman–Crippen MR) is 63.6 cm³/mol. The third-order valence-corrected chi connectivity index (χ3v) is 4.10. The number of hydrogen-bond donors (Lipinski definition) is 0. The zero-order valence-corrected chi connectivity index (χ0v) is 9.65. The lowest BCUT2D eigenvalue weighted by Crippen LogP contribution is -2.43. The van der Waals surface area contributed by atoms with Gasteiger partial charge in [0.25, 0.3) is 0 Å². The van der Waals surface area contributed by atoms with E-state index in [4.69, 9.17) is 0 Å². The van der Waals surface area contributed by atoms with Gasteiger partial charge in [0.15, 0.2) is 5.78 Å². The number of ketones is 1. The Morgan fingerprint density at radius 2 is 2.06 bits per heavy atom. The van der Waals surface area contributed by atoms with Gasteiger partial charge in [0.05, 0.1) is 0 Å². The fourth-order valence-corrected chi connectivity index (χ4v) is 3.06. The minimum absolute atomic E-state index is 0.231. The number of allylic oxidation sites excluding steroid dienone is 3. The predicted octanol–water partition coefficient (Wildman–Crippen LogP) is 2.79. The second kappa shape index (κ2) is 3.34. The zero-order valence-electron chi connectivity index (χ0n) is 9.65. The Bertz CT molecular complexity index is 412. The summed E-state index contributed by atoms with van der Waals surface area (Å²) < 4.78 is 0. The summed E-state index contributed by atoms with van der Waals surface area (Å²) in [5.41, 5.74) is 0.803. The smallest absolute Gasteiger partial charge is 0.186 e. The van der Waals surface area contributed by atoms with E-state index in [1.807, 2.05) is 31.2 Å². The van der Waals surface area contributed by atoms with Crippen LogP contribution < -0.4 is 0 Å². The first kappa shape index (κ1) is 9.88. The van der Waals surface area contributed by atoms with Crippen LogP contribution in [-0.4, -0.2) is 16.2 Å². The molecule has 0 bridgehead atoms. The Labute approximate surface area is 96.3 Å². The van der Waals surface area contributed by atoms with Crippen LogP contribution in [0.1, 0.15) is 32.6 Å². The molecule has 0 aromatic carbocycles. The molecule has 0 aromatic heterocycles. The molecule has 1 atom stereocenters. The molecule has 0 aromatic rings. The Balaban J connectivity index is 1.96. The maximum absolute atomic E-state index is 12.1. The molecule has 0 saturated heterocycles. The average Bonchev–Trinajstić information content (AvgIpc) is 2.86. The minimum atomic E-state index is -0.438. The van der Waals surface area contributed by atoms with Crippen molar-refractivity contribution in [3.63, 3.8) is 0 Å². The van der Waals surface area contributed by atoms with Crippen LogP contribution in [0.3, 0.4) is 0 Å². The maximum Gasteiger partial charge on any atom is 0.186 e. The molecule has 84 valence electrons. The summed E-state index contributed by atoms with van der Waals surface area (Å²) in [4.78, 5) is 14.3. The molecule has 1 aliphatic carbocycles. The fraction of sp³-hybridized carbons (Fsp3) is 0.500. The zero-order chi connectivity index (χ0) is 11.2. The van der Waals surface area contributed by atoms with Crippen LogP contribution in [-0.2, 0) is 4.79 Å². The van der Waals surface area contributed by atoms with E-state index < -0.39 is 5.54 Å². The maximum atomic E-state index is 12.1. The van der Waals surface area contributed by atoms with Gasteiger partial charge in [0, 0.05) is 18.0 Å². The van der Waals surface area contributed by atoms with Gasteiger partial charge in [-0.05, 0) is 31.8 Å². The van der Waals surface area contributed by atoms with Crippen LogP contribution in [0.4, 0.5) is 0 Å². The fourth-order valence-electron chi connectivity index (χ4n) is 3.06. The Hall–Kier alpha value is -1.31. The third-order valence-electron chi connectivity index (χ3n) is 4.10. The topological polar surface area (TPSA) is 20.3 Å². The Morgan fingerprint density at radius 1 is 1.31 bits per heavy atom. The molecule has 0 spiro atoms. The van der Waals surface area contributed by atoms with Crippen molar-refractivity contribution in [3.8, 4) is 0 Å². The first-order chi connectivity index (χ1) is 7.72. The van der Waals surface area contributed by atoms with Crippen LogP contribution in [0, 0.1) is 5.92 Å². The summed E-state index contributed by atoms with van der Waals surface area (Å²) in [7, 11) is 0. The summed E-state index contributed by atoms with van der Waals surface area (Å²) in [6, 6.07) is 0. The molecule has 0 radical (unpaired) electrons.